The van der Waals surface area contributed by atoms with Gasteiger partial charge in [-0.2, -0.15) is 0 Å². The van der Waals surface area contributed by atoms with Crippen molar-refractivity contribution in [2.75, 3.05) is 5.32 Å². The molecule has 0 heterocycles. The lowest BCUT2D eigenvalue weighted by Crippen LogP contribution is -2.12. The Hall–Kier alpha value is -1.36. The molecule has 0 atom stereocenters. The quantitative estimate of drug-likeness (QED) is 0.673. The van der Waals surface area contributed by atoms with Crippen LogP contribution in [-0.4, -0.2) is 11.9 Å². The summed E-state index contributed by atoms with van der Waals surface area (Å²) in [6, 6.07) is 0. The van der Waals surface area contributed by atoms with E-state index in [-0.39, 0.29) is 11.9 Å². The number of hydrogen-bond acceptors (Lipinski definition) is 3. The van der Waals surface area contributed by atoms with Gasteiger partial charge in [-0.3, -0.25) is 9.59 Å². The Kier molecular flexibility index (Phi) is 4.51. The number of ether oxygens (including phenoxy) is 1. The van der Waals surface area contributed by atoms with E-state index in [1.54, 1.807) is 0 Å². The van der Waals surface area contributed by atoms with E-state index in [2.05, 4.69) is 21.2 Å². The third-order valence-electron chi connectivity index (χ3n) is 2.71. The molecule has 1 N–H and O–H groups in total. The van der Waals surface area contributed by atoms with Crippen LogP contribution in [0.1, 0.15) is 30.5 Å². The average Bonchev–Trinajstić information content (AvgIpc) is 2.27. The van der Waals surface area contributed by atoms with Crippen LogP contribution in [-0.2, 0) is 9.59 Å². The minimum absolute atomic E-state index is 0.141. The number of hydrogen-bond donors (Lipinski definition) is 1. The Bertz CT molecular complexity index is 447. The van der Waals surface area contributed by atoms with Crippen molar-refractivity contribution in [1.29, 1.82) is 0 Å². The number of amides is 1. The van der Waals surface area contributed by atoms with E-state index >= 15 is 0 Å². The summed E-state index contributed by atoms with van der Waals surface area (Å²) in [4.78, 5) is 22.3. The zero-order valence-corrected chi connectivity index (χ0v) is 12.7. The molecule has 0 radical (unpaired) electrons. The van der Waals surface area contributed by atoms with Gasteiger partial charge in [0, 0.05) is 23.9 Å². The second kappa shape index (κ2) is 5.52. The monoisotopic (exact) mass is 313 g/mol. The summed E-state index contributed by atoms with van der Waals surface area (Å²) in [7, 11) is 0. The van der Waals surface area contributed by atoms with Crippen molar-refractivity contribution in [3.05, 3.63) is 21.2 Å². The summed E-state index contributed by atoms with van der Waals surface area (Å²) in [6.45, 7) is 8.39. The molecule has 18 heavy (non-hydrogen) atoms. The van der Waals surface area contributed by atoms with Gasteiger partial charge in [0.1, 0.15) is 5.75 Å². The molecular weight excluding hydrogens is 298 g/mol. The van der Waals surface area contributed by atoms with Crippen molar-refractivity contribution < 1.29 is 14.3 Å². The molecule has 0 spiro atoms. The van der Waals surface area contributed by atoms with Crippen LogP contribution in [0.15, 0.2) is 4.47 Å². The highest BCUT2D eigenvalue weighted by Gasteiger charge is 2.18. The second-order valence-electron chi connectivity index (χ2n) is 4.17. The molecule has 4 nitrogen and oxygen atoms in total. The molecule has 1 amide bonds. The average molecular weight is 314 g/mol. The molecule has 0 saturated heterocycles. The third kappa shape index (κ3) is 2.90. The predicted molar refractivity (Wildman–Crippen MR) is 74.0 cm³/mol. The number of halogens is 1. The van der Waals surface area contributed by atoms with Gasteiger partial charge in [0.15, 0.2) is 0 Å². The first-order valence-corrected chi connectivity index (χ1v) is 6.30. The smallest absolute Gasteiger partial charge is 0.308 e. The van der Waals surface area contributed by atoms with Crippen LogP contribution in [0, 0.1) is 20.8 Å². The van der Waals surface area contributed by atoms with Gasteiger partial charge in [-0.15, -0.1) is 0 Å². The van der Waals surface area contributed by atoms with Crippen LogP contribution in [0.3, 0.4) is 0 Å². The molecule has 1 rings (SSSR count). The summed E-state index contributed by atoms with van der Waals surface area (Å²) in [5, 5.41) is 2.78. The first-order valence-electron chi connectivity index (χ1n) is 5.51. The van der Waals surface area contributed by atoms with Crippen LogP contribution in [0.5, 0.6) is 5.75 Å². The molecule has 1 aromatic rings. The summed E-state index contributed by atoms with van der Waals surface area (Å²) in [6.07, 6.45) is 0. The predicted octanol–water partition coefficient (Wildman–Crippen LogP) is 3.26. The van der Waals surface area contributed by atoms with Gasteiger partial charge in [0.2, 0.25) is 5.91 Å². The van der Waals surface area contributed by atoms with Crippen molar-refractivity contribution in [2.45, 2.75) is 34.6 Å². The molecule has 98 valence electrons. The lowest BCUT2D eigenvalue weighted by Gasteiger charge is -2.18. The maximum atomic E-state index is 11.2. The summed E-state index contributed by atoms with van der Waals surface area (Å²) in [5.74, 6) is 0.0404. The molecule has 0 unspecified atom stereocenters. The highest BCUT2D eigenvalue weighted by Crippen LogP contribution is 2.39. The summed E-state index contributed by atoms with van der Waals surface area (Å²) < 4.78 is 5.95. The number of rotatable bonds is 2. The Morgan fingerprint density at radius 2 is 1.61 bits per heavy atom. The van der Waals surface area contributed by atoms with Crippen LogP contribution < -0.4 is 10.1 Å². The lowest BCUT2D eigenvalue weighted by atomic mass is 10.0. The van der Waals surface area contributed by atoms with Gasteiger partial charge in [0.25, 0.3) is 0 Å². The second-order valence-corrected chi connectivity index (χ2v) is 4.96. The van der Waals surface area contributed by atoms with Gasteiger partial charge in [0.05, 0.1) is 5.69 Å². The molecule has 0 aliphatic heterocycles. The van der Waals surface area contributed by atoms with Gasteiger partial charge in [-0.05, 0) is 47.8 Å². The van der Waals surface area contributed by atoms with Crippen LogP contribution in [0.25, 0.3) is 0 Å². The topological polar surface area (TPSA) is 55.4 Å². The SMILES string of the molecule is CC(=O)Nc1c(C)c(C)c(OC(C)=O)c(C)c1Br. The molecule has 0 bridgehead atoms. The van der Waals surface area contributed by atoms with E-state index in [1.807, 2.05) is 20.8 Å². The van der Waals surface area contributed by atoms with Crippen molar-refractivity contribution in [3.8, 4) is 5.75 Å². The van der Waals surface area contributed by atoms with E-state index in [0.29, 0.717) is 11.4 Å². The normalized spacial score (nSPS) is 10.1. The third-order valence-corrected chi connectivity index (χ3v) is 3.71. The summed E-state index contributed by atoms with van der Waals surface area (Å²) in [5.41, 5.74) is 3.22. The summed E-state index contributed by atoms with van der Waals surface area (Å²) >= 11 is 3.43. The van der Waals surface area contributed by atoms with E-state index in [4.69, 9.17) is 4.74 Å². The molecule has 0 aromatic heterocycles. The first-order chi connectivity index (χ1) is 8.25. The van der Waals surface area contributed by atoms with Gasteiger partial charge >= 0.3 is 5.97 Å². The Balaban J connectivity index is 3.44. The molecule has 0 aliphatic rings. The Morgan fingerprint density at radius 3 is 2.06 bits per heavy atom. The number of nitrogens with one attached hydrogen (secondary N) is 1. The van der Waals surface area contributed by atoms with Crippen molar-refractivity contribution in [3.63, 3.8) is 0 Å². The first kappa shape index (κ1) is 14.7. The molecule has 0 saturated carbocycles. The van der Waals surface area contributed by atoms with Gasteiger partial charge in [-0.25, -0.2) is 0 Å². The Labute approximate surface area is 115 Å². The number of carbonyl (C=O) groups is 2. The van der Waals surface area contributed by atoms with Crippen molar-refractivity contribution in [1.82, 2.24) is 0 Å². The largest absolute Gasteiger partial charge is 0.426 e. The fourth-order valence-electron chi connectivity index (χ4n) is 1.71. The van der Waals surface area contributed by atoms with Crippen LogP contribution >= 0.6 is 15.9 Å². The van der Waals surface area contributed by atoms with E-state index in [1.165, 1.54) is 13.8 Å². The lowest BCUT2D eigenvalue weighted by molar-refractivity contribution is -0.132. The van der Waals surface area contributed by atoms with Gasteiger partial charge < -0.3 is 10.1 Å². The van der Waals surface area contributed by atoms with Crippen molar-refractivity contribution in [2.24, 2.45) is 0 Å². The van der Waals surface area contributed by atoms with Gasteiger partial charge in [-0.1, -0.05) is 0 Å². The minimum atomic E-state index is -0.361. The fraction of sp³-hybridized carbons (Fsp3) is 0.385. The Morgan fingerprint density at radius 1 is 1.06 bits per heavy atom. The minimum Gasteiger partial charge on any atom is -0.426 e. The van der Waals surface area contributed by atoms with Crippen LogP contribution in [0.4, 0.5) is 5.69 Å². The molecular formula is C13H16BrNO3. The zero-order valence-electron chi connectivity index (χ0n) is 11.1. The number of carbonyl (C=O) groups excluding carboxylic acids is 2. The fourth-order valence-corrected chi connectivity index (χ4v) is 2.29. The molecule has 1 aromatic carbocycles. The van der Waals surface area contributed by atoms with E-state index in [9.17, 15) is 9.59 Å². The number of benzene rings is 1. The van der Waals surface area contributed by atoms with Crippen molar-refractivity contribution >= 4 is 33.5 Å². The van der Waals surface area contributed by atoms with E-state index < -0.39 is 0 Å². The van der Waals surface area contributed by atoms with Crippen LogP contribution in [0.2, 0.25) is 0 Å². The zero-order chi connectivity index (χ0) is 14.0. The standard InChI is InChI=1S/C13H16BrNO3/c1-6-7(2)13(18-10(5)17)8(3)11(14)12(6)15-9(4)16/h1-5H3,(H,15,16). The maximum absolute atomic E-state index is 11.2. The maximum Gasteiger partial charge on any atom is 0.308 e. The number of esters is 1. The molecule has 5 heteroatoms. The highest BCUT2D eigenvalue weighted by molar-refractivity contribution is 9.10. The van der Waals surface area contributed by atoms with E-state index in [0.717, 1.165) is 21.2 Å². The number of anilines is 1. The molecule has 0 aliphatic carbocycles. The molecule has 0 fully saturated rings. The highest BCUT2D eigenvalue weighted by atomic mass is 79.9.